The van der Waals surface area contributed by atoms with E-state index < -0.39 is 29.6 Å². The molecule has 0 bridgehead atoms. The summed E-state index contributed by atoms with van der Waals surface area (Å²) in [7, 11) is 1.23. The van der Waals surface area contributed by atoms with E-state index >= 15 is 0 Å². The molecule has 0 atom stereocenters. The molecule has 11 heteroatoms. The second kappa shape index (κ2) is 13.5. The maximum Gasteiger partial charge on any atom is 0.336 e. The number of methoxy groups -OCH3 is 1. The first-order chi connectivity index (χ1) is 16.2. The molecule has 0 saturated heterocycles. The molecule has 0 spiro atoms. The number of ether oxygens (including phenoxy) is 3. The molecule has 186 valence electrons. The Morgan fingerprint density at radius 2 is 1.79 bits per heavy atom. The van der Waals surface area contributed by atoms with Gasteiger partial charge in [-0.1, -0.05) is 18.5 Å². The van der Waals surface area contributed by atoms with Crippen molar-refractivity contribution < 1.29 is 37.8 Å². The molecule has 1 aliphatic carbocycles. The number of hydrogen-bond donors (Lipinski definition) is 0. The summed E-state index contributed by atoms with van der Waals surface area (Å²) in [6.45, 7) is 3.37. The van der Waals surface area contributed by atoms with Crippen molar-refractivity contribution >= 4 is 52.8 Å². The summed E-state index contributed by atoms with van der Waals surface area (Å²) >= 11 is 7.10. The summed E-state index contributed by atoms with van der Waals surface area (Å²) in [6.07, 6.45) is 1.74. The van der Waals surface area contributed by atoms with Crippen molar-refractivity contribution in [1.29, 1.82) is 0 Å². The SMILES string of the molecule is CCOCOC(=O)C1=C(C(=O)N(C(=O)CC)c2cc(SCC(=O)OC)c(Cl)cc2F)CCCC1. The Morgan fingerprint density at radius 1 is 1.12 bits per heavy atom. The maximum atomic E-state index is 15.0. The summed E-state index contributed by atoms with van der Waals surface area (Å²) in [5, 5.41) is 0.0172. The fraction of sp³-hybridized carbons (Fsp3) is 0.478. The van der Waals surface area contributed by atoms with Gasteiger partial charge in [-0.05, 0) is 44.7 Å². The molecule has 0 N–H and O–H groups in total. The van der Waals surface area contributed by atoms with Gasteiger partial charge in [0.25, 0.3) is 5.91 Å². The van der Waals surface area contributed by atoms with E-state index in [1.54, 1.807) is 6.92 Å². The second-order valence-electron chi connectivity index (χ2n) is 7.19. The lowest BCUT2D eigenvalue weighted by Gasteiger charge is -2.26. The van der Waals surface area contributed by atoms with Crippen molar-refractivity contribution in [3.05, 3.63) is 34.1 Å². The van der Waals surface area contributed by atoms with Crippen LogP contribution in [0.3, 0.4) is 0 Å². The fourth-order valence-electron chi connectivity index (χ4n) is 3.28. The van der Waals surface area contributed by atoms with E-state index in [1.165, 1.54) is 20.1 Å². The number of carbonyl (C=O) groups is 4. The van der Waals surface area contributed by atoms with Crippen LogP contribution in [0.2, 0.25) is 5.02 Å². The third kappa shape index (κ3) is 7.04. The van der Waals surface area contributed by atoms with Crippen LogP contribution in [0, 0.1) is 5.82 Å². The first kappa shape index (κ1) is 27.8. The van der Waals surface area contributed by atoms with Gasteiger partial charge in [0.1, 0.15) is 5.82 Å². The third-order valence-electron chi connectivity index (χ3n) is 5.02. The van der Waals surface area contributed by atoms with Crippen LogP contribution < -0.4 is 4.90 Å². The van der Waals surface area contributed by atoms with E-state index in [4.69, 9.17) is 21.1 Å². The van der Waals surface area contributed by atoms with E-state index in [-0.39, 0.29) is 47.2 Å². The van der Waals surface area contributed by atoms with Gasteiger partial charge in [-0.2, -0.15) is 0 Å². The molecule has 0 aliphatic heterocycles. The molecule has 1 aromatic rings. The Morgan fingerprint density at radius 3 is 2.41 bits per heavy atom. The molecule has 1 aliphatic rings. The van der Waals surface area contributed by atoms with Crippen LogP contribution in [0.5, 0.6) is 0 Å². The van der Waals surface area contributed by atoms with Crippen LogP contribution >= 0.6 is 23.4 Å². The van der Waals surface area contributed by atoms with E-state index in [0.717, 1.165) is 22.7 Å². The molecule has 0 radical (unpaired) electrons. The normalized spacial score (nSPS) is 13.4. The number of rotatable bonds is 10. The van der Waals surface area contributed by atoms with Crippen molar-refractivity contribution in [3.8, 4) is 0 Å². The number of nitrogens with zero attached hydrogens (tertiary/aromatic N) is 1. The molecule has 1 aromatic carbocycles. The molecule has 0 fully saturated rings. The maximum absolute atomic E-state index is 15.0. The summed E-state index contributed by atoms with van der Waals surface area (Å²) < 4.78 is 29.7. The predicted molar refractivity (Wildman–Crippen MR) is 125 cm³/mol. The highest BCUT2D eigenvalue weighted by molar-refractivity contribution is 8.00. The standard InChI is InChI=1S/C23H27ClFNO7S/c1-4-20(27)26(18-11-19(16(24)10-17(18)25)34-12-21(28)31-3)22(29)14-8-6-7-9-15(14)23(30)33-13-32-5-2/h10-11H,4-9,12-13H2,1-3H3. The number of imide groups is 1. The van der Waals surface area contributed by atoms with Gasteiger partial charge in [0.2, 0.25) is 5.91 Å². The number of carbonyl (C=O) groups excluding carboxylic acids is 4. The Balaban J connectivity index is 2.49. The van der Waals surface area contributed by atoms with Gasteiger partial charge in [-0.15, -0.1) is 11.8 Å². The molecule has 8 nitrogen and oxygen atoms in total. The third-order valence-corrected chi connectivity index (χ3v) is 6.47. The van der Waals surface area contributed by atoms with Gasteiger partial charge in [0.15, 0.2) is 6.79 Å². The molecule has 0 heterocycles. The highest BCUT2D eigenvalue weighted by Gasteiger charge is 2.33. The van der Waals surface area contributed by atoms with E-state index in [1.807, 2.05) is 0 Å². The van der Waals surface area contributed by atoms with Crippen LogP contribution in [0.1, 0.15) is 46.0 Å². The molecule has 0 unspecified atom stereocenters. The van der Waals surface area contributed by atoms with E-state index in [2.05, 4.69) is 4.74 Å². The van der Waals surface area contributed by atoms with Gasteiger partial charge in [-0.3, -0.25) is 14.4 Å². The van der Waals surface area contributed by atoms with Gasteiger partial charge >= 0.3 is 11.9 Å². The summed E-state index contributed by atoms with van der Waals surface area (Å²) in [4.78, 5) is 51.4. The average molecular weight is 516 g/mol. The monoisotopic (exact) mass is 515 g/mol. The van der Waals surface area contributed by atoms with Crippen LogP contribution in [0.25, 0.3) is 0 Å². The summed E-state index contributed by atoms with van der Waals surface area (Å²) in [5.41, 5.74) is -0.0547. The van der Waals surface area contributed by atoms with Gasteiger partial charge in [0.05, 0.1) is 23.6 Å². The lowest BCUT2D eigenvalue weighted by atomic mass is 9.90. The minimum Gasteiger partial charge on any atom is -0.468 e. The van der Waals surface area contributed by atoms with Gasteiger partial charge in [-0.25, -0.2) is 14.1 Å². The van der Waals surface area contributed by atoms with Crippen molar-refractivity contribution in [1.82, 2.24) is 0 Å². The zero-order valence-electron chi connectivity index (χ0n) is 19.3. The van der Waals surface area contributed by atoms with Crippen LogP contribution in [-0.2, 0) is 33.4 Å². The number of esters is 2. The molecule has 34 heavy (non-hydrogen) atoms. The average Bonchev–Trinajstić information content (AvgIpc) is 2.84. The molecular weight excluding hydrogens is 489 g/mol. The number of benzene rings is 1. The molecular formula is C23H27ClFNO7S. The Labute approximate surface area is 206 Å². The van der Waals surface area contributed by atoms with Crippen LogP contribution in [0.4, 0.5) is 10.1 Å². The smallest absolute Gasteiger partial charge is 0.336 e. The van der Waals surface area contributed by atoms with E-state index in [9.17, 15) is 23.6 Å². The Hall–Kier alpha value is -2.43. The van der Waals surface area contributed by atoms with Crippen LogP contribution in [-0.4, -0.2) is 50.0 Å². The van der Waals surface area contributed by atoms with E-state index in [0.29, 0.717) is 30.8 Å². The lowest BCUT2D eigenvalue weighted by molar-refractivity contribution is -0.151. The minimum absolute atomic E-state index is 0.0172. The Bertz CT molecular complexity index is 982. The highest BCUT2D eigenvalue weighted by Crippen LogP contribution is 2.36. The van der Waals surface area contributed by atoms with Crippen molar-refractivity contribution in [3.63, 3.8) is 0 Å². The largest absolute Gasteiger partial charge is 0.468 e. The Kier molecular flexibility index (Phi) is 11.0. The zero-order chi connectivity index (χ0) is 25.3. The molecule has 2 amide bonds. The minimum atomic E-state index is -0.889. The number of hydrogen-bond acceptors (Lipinski definition) is 8. The zero-order valence-corrected chi connectivity index (χ0v) is 20.9. The predicted octanol–water partition coefficient (Wildman–Crippen LogP) is 4.42. The first-order valence-corrected chi connectivity index (χ1v) is 12.1. The number of thioether (sulfide) groups is 1. The molecule has 0 aromatic heterocycles. The lowest BCUT2D eigenvalue weighted by Crippen LogP contribution is -2.39. The number of anilines is 1. The summed E-state index contributed by atoms with van der Waals surface area (Å²) in [6, 6.07) is 2.22. The number of halogens is 2. The van der Waals surface area contributed by atoms with Crippen LogP contribution in [0.15, 0.2) is 28.2 Å². The van der Waals surface area contributed by atoms with Crippen molar-refractivity contribution in [2.24, 2.45) is 0 Å². The number of amides is 2. The summed E-state index contributed by atoms with van der Waals surface area (Å²) in [5.74, 6) is -3.66. The van der Waals surface area contributed by atoms with Crippen molar-refractivity contribution in [2.75, 3.05) is 31.2 Å². The quantitative estimate of drug-likeness (QED) is 0.195. The molecule has 0 saturated carbocycles. The fourth-order valence-corrected chi connectivity index (χ4v) is 4.38. The second-order valence-corrected chi connectivity index (χ2v) is 8.62. The first-order valence-electron chi connectivity index (χ1n) is 10.8. The molecule has 2 rings (SSSR count). The topological polar surface area (TPSA) is 99.2 Å². The van der Waals surface area contributed by atoms with Gasteiger partial charge in [0, 0.05) is 29.1 Å². The van der Waals surface area contributed by atoms with Gasteiger partial charge < -0.3 is 14.2 Å². The van der Waals surface area contributed by atoms with Crippen molar-refractivity contribution in [2.45, 2.75) is 50.8 Å². The highest BCUT2D eigenvalue weighted by atomic mass is 35.5.